The Morgan fingerprint density at radius 1 is 1.03 bits per heavy atom. The van der Waals surface area contributed by atoms with Gasteiger partial charge in [-0.15, -0.1) is 0 Å². The van der Waals surface area contributed by atoms with Crippen LogP contribution in [0.25, 0.3) is 0 Å². The van der Waals surface area contributed by atoms with Gasteiger partial charge in [0.25, 0.3) is 11.6 Å². The third kappa shape index (κ3) is 5.25. The first-order valence-corrected chi connectivity index (χ1v) is 9.76. The second-order valence-corrected chi connectivity index (χ2v) is 6.78. The van der Waals surface area contributed by atoms with Crippen molar-refractivity contribution in [3.63, 3.8) is 0 Å². The Bertz CT molecular complexity index is 891. The van der Waals surface area contributed by atoms with E-state index in [9.17, 15) is 19.7 Å². The van der Waals surface area contributed by atoms with Gasteiger partial charge in [0, 0.05) is 49.6 Å². The van der Waals surface area contributed by atoms with E-state index in [1.54, 1.807) is 41.3 Å². The van der Waals surface area contributed by atoms with Gasteiger partial charge in [-0.3, -0.25) is 19.7 Å². The van der Waals surface area contributed by atoms with Gasteiger partial charge in [-0.1, -0.05) is 0 Å². The van der Waals surface area contributed by atoms with Gasteiger partial charge in [0.2, 0.25) is 5.91 Å². The van der Waals surface area contributed by atoms with Crippen LogP contribution in [0.1, 0.15) is 17.3 Å². The molecule has 2 aromatic carbocycles. The van der Waals surface area contributed by atoms with Gasteiger partial charge in [-0.05, 0) is 43.3 Å². The van der Waals surface area contributed by atoms with Crippen molar-refractivity contribution in [2.75, 3.05) is 44.2 Å². The van der Waals surface area contributed by atoms with Crippen LogP contribution < -0.4 is 15.0 Å². The summed E-state index contributed by atoms with van der Waals surface area (Å²) >= 11 is 0. The van der Waals surface area contributed by atoms with Gasteiger partial charge in [0.05, 0.1) is 18.1 Å². The molecular formula is C21H24N4O5. The zero-order chi connectivity index (χ0) is 21.5. The number of hydrogen-bond acceptors (Lipinski definition) is 6. The average Bonchev–Trinajstić information content (AvgIpc) is 2.78. The molecule has 0 saturated carbocycles. The molecule has 158 valence electrons. The Balaban J connectivity index is 1.45. The quantitative estimate of drug-likeness (QED) is 0.551. The number of hydrogen-bond donors (Lipinski definition) is 1. The van der Waals surface area contributed by atoms with Gasteiger partial charge < -0.3 is 19.9 Å². The minimum absolute atomic E-state index is 0.0517. The maximum atomic E-state index is 12.4. The summed E-state index contributed by atoms with van der Waals surface area (Å²) < 4.78 is 5.35. The zero-order valence-electron chi connectivity index (χ0n) is 16.7. The van der Waals surface area contributed by atoms with E-state index in [1.165, 1.54) is 12.1 Å². The molecule has 0 aliphatic carbocycles. The van der Waals surface area contributed by atoms with Crippen LogP contribution in [-0.4, -0.2) is 61.0 Å². The lowest BCUT2D eigenvalue weighted by molar-refractivity contribution is -0.384. The first-order chi connectivity index (χ1) is 14.5. The highest BCUT2D eigenvalue weighted by Gasteiger charge is 2.22. The van der Waals surface area contributed by atoms with E-state index < -0.39 is 4.92 Å². The Labute approximate surface area is 174 Å². The number of nitrogens with zero attached hydrogens (tertiary/aromatic N) is 3. The second kappa shape index (κ2) is 9.73. The van der Waals surface area contributed by atoms with E-state index >= 15 is 0 Å². The number of carbonyl (C=O) groups excluding carboxylic acids is 2. The minimum atomic E-state index is -0.429. The van der Waals surface area contributed by atoms with Gasteiger partial charge in [-0.2, -0.15) is 0 Å². The summed E-state index contributed by atoms with van der Waals surface area (Å²) in [6, 6.07) is 13.1. The Morgan fingerprint density at radius 3 is 2.23 bits per heavy atom. The number of benzene rings is 2. The molecule has 30 heavy (non-hydrogen) atoms. The molecule has 2 aromatic rings. The fourth-order valence-electron chi connectivity index (χ4n) is 3.24. The van der Waals surface area contributed by atoms with Crippen molar-refractivity contribution < 1.29 is 19.2 Å². The van der Waals surface area contributed by atoms with Crippen LogP contribution in [0.5, 0.6) is 5.75 Å². The molecule has 1 heterocycles. The molecule has 9 heteroatoms. The largest absolute Gasteiger partial charge is 0.494 e. The summed E-state index contributed by atoms with van der Waals surface area (Å²) in [5.74, 6) is 0.240. The van der Waals surface area contributed by atoms with Crippen LogP contribution in [0.2, 0.25) is 0 Å². The average molecular weight is 412 g/mol. The maximum absolute atomic E-state index is 12.4. The molecule has 1 aliphatic rings. The molecule has 1 fully saturated rings. The van der Waals surface area contributed by atoms with Crippen molar-refractivity contribution >= 4 is 23.2 Å². The van der Waals surface area contributed by atoms with Crippen molar-refractivity contribution in [2.24, 2.45) is 0 Å². The summed E-state index contributed by atoms with van der Waals surface area (Å²) in [5, 5.41) is 13.4. The van der Waals surface area contributed by atoms with E-state index in [4.69, 9.17) is 4.74 Å². The topological polar surface area (TPSA) is 105 Å². The summed E-state index contributed by atoms with van der Waals surface area (Å²) in [6.45, 7) is 4.66. The Kier molecular flexibility index (Phi) is 6.84. The number of piperazine rings is 1. The fraction of sp³-hybridized carbons (Fsp3) is 0.333. The molecule has 1 N–H and O–H groups in total. The van der Waals surface area contributed by atoms with Crippen molar-refractivity contribution in [1.29, 1.82) is 0 Å². The predicted molar refractivity (Wildman–Crippen MR) is 112 cm³/mol. The van der Waals surface area contributed by atoms with Gasteiger partial charge in [-0.25, -0.2) is 0 Å². The molecule has 1 aliphatic heterocycles. The lowest BCUT2D eigenvalue weighted by atomic mass is 10.2. The number of carbonyl (C=O) groups is 2. The SMILES string of the molecule is CCOc1ccc(C(=O)NCC(=O)N2CCN(c3ccc([N+](=O)[O-])cc3)CC2)cc1. The number of nitrogens with one attached hydrogen (secondary N) is 1. The van der Waals surface area contributed by atoms with Crippen LogP contribution >= 0.6 is 0 Å². The molecule has 9 nitrogen and oxygen atoms in total. The maximum Gasteiger partial charge on any atom is 0.269 e. The standard InChI is InChI=1S/C21H24N4O5/c1-2-30-19-9-3-16(4-10-19)21(27)22-15-20(26)24-13-11-23(12-14-24)17-5-7-18(8-6-17)25(28)29/h3-10H,2,11-15H2,1H3,(H,22,27). The number of rotatable bonds is 7. The minimum Gasteiger partial charge on any atom is -0.494 e. The zero-order valence-corrected chi connectivity index (χ0v) is 16.7. The second-order valence-electron chi connectivity index (χ2n) is 6.78. The molecule has 2 amide bonds. The van der Waals surface area contributed by atoms with Crippen molar-refractivity contribution in [2.45, 2.75) is 6.92 Å². The Hall–Kier alpha value is -3.62. The van der Waals surface area contributed by atoms with Gasteiger partial charge in [0.15, 0.2) is 0 Å². The first kappa shape index (κ1) is 21.1. The summed E-state index contributed by atoms with van der Waals surface area (Å²) in [6.07, 6.45) is 0. The molecule has 0 bridgehead atoms. The van der Waals surface area contributed by atoms with E-state index in [0.29, 0.717) is 44.1 Å². The van der Waals surface area contributed by atoms with Crippen LogP contribution in [0, 0.1) is 10.1 Å². The number of nitro groups is 1. The monoisotopic (exact) mass is 412 g/mol. The lowest BCUT2D eigenvalue weighted by Crippen LogP contribution is -2.51. The fourth-order valence-corrected chi connectivity index (χ4v) is 3.24. The number of amides is 2. The summed E-state index contributed by atoms with van der Waals surface area (Å²) in [7, 11) is 0. The van der Waals surface area contributed by atoms with Crippen LogP contribution in [0.3, 0.4) is 0 Å². The van der Waals surface area contributed by atoms with Gasteiger partial charge in [0.1, 0.15) is 5.75 Å². The molecular weight excluding hydrogens is 388 g/mol. The normalized spacial score (nSPS) is 13.6. The molecule has 1 saturated heterocycles. The van der Waals surface area contributed by atoms with Crippen molar-refractivity contribution in [3.8, 4) is 5.75 Å². The lowest BCUT2D eigenvalue weighted by Gasteiger charge is -2.36. The van der Waals surface area contributed by atoms with Crippen molar-refractivity contribution in [1.82, 2.24) is 10.2 Å². The highest BCUT2D eigenvalue weighted by Crippen LogP contribution is 2.20. The molecule has 0 unspecified atom stereocenters. The van der Waals surface area contributed by atoms with Crippen LogP contribution in [-0.2, 0) is 4.79 Å². The van der Waals surface area contributed by atoms with E-state index in [0.717, 1.165) is 5.69 Å². The number of non-ortho nitro benzene ring substituents is 1. The van der Waals surface area contributed by atoms with Crippen LogP contribution in [0.15, 0.2) is 48.5 Å². The number of anilines is 1. The molecule has 0 atom stereocenters. The molecule has 0 aromatic heterocycles. The Morgan fingerprint density at radius 2 is 1.67 bits per heavy atom. The molecule has 0 spiro atoms. The van der Waals surface area contributed by atoms with E-state index in [2.05, 4.69) is 10.2 Å². The van der Waals surface area contributed by atoms with Gasteiger partial charge >= 0.3 is 0 Å². The van der Waals surface area contributed by atoms with Crippen molar-refractivity contribution in [3.05, 3.63) is 64.2 Å². The summed E-state index contributed by atoms with van der Waals surface area (Å²) in [5.41, 5.74) is 1.40. The molecule has 3 rings (SSSR count). The smallest absolute Gasteiger partial charge is 0.269 e. The van der Waals surface area contributed by atoms with E-state index in [1.807, 2.05) is 6.92 Å². The number of ether oxygens (including phenoxy) is 1. The number of nitro benzene ring substituents is 1. The molecule has 0 radical (unpaired) electrons. The predicted octanol–water partition coefficient (Wildman–Crippen LogP) is 2.07. The summed E-state index contributed by atoms with van der Waals surface area (Å²) in [4.78, 5) is 38.8. The third-order valence-electron chi connectivity index (χ3n) is 4.89. The highest BCUT2D eigenvalue weighted by atomic mass is 16.6. The van der Waals surface area contributed by atoms with E-state index in [-0.39, 0.29) is 24.0 Å². The van der Waals surface area contributed by atoms with Crippen LogP contribution in [0.4, 0.5) is 11.4 Å². The third-order valence-corrected chi connectivity index (χ3v) is 4.89. The highest BCUT2D eigenvalue weighted by molar-refractivity contribution is 5.96. The first-order valence-electron chi connectivity index (χ1n) is 9.76.